The number of ether oxygens (including phenoxy) is 2. The Hall–Kier alpha value is -0.640. The van der Waals surface area contributed by atoms with Crippen LogP contribution in [0.5, 0.6) is 0 Å². The second kappa shape index (κ2) is 4.23. The Morgan fingerprint density at radius 2 is 1.59 bits per heavy atom. The van der Waals surface area contributed by atoms with E-state index in [1.165, 1.54) is 0 Å². The van der Waals surface area contributed by atoms with Gasteiger partial charge in [-0.3, -0.25) is 4.98 Å². The van der Waals surface area contributed by atoms with Crippen molar-refractivity contribution < 1.29 is 9.47 Å². The van der Waals surface area contributed by atoms with Crippen molar-refractivity contribution in [3.05, 3.63) is 30.1 Å². The van der Waals surface area contributed by atoms with Crippen LogP contribution >= 0.6 is 11.6 Å². The zero-order valence-electron chi connectivity index (χ0n) is 9.69. The Morgan fingerprint density at radius 1 is 1.00 bits per heavy atom. The summed E-state index contributed by atoms with van der Waals surface area (Å²) in [6, 6.07) is 4.00. The van der Waals surface area contributed by atoms with Crippen LogP contribution in [0.25, 0.3) is 0 Å². The van der Waals surface area contributed by atoms with Gasteiger partial charge in [0.1, 0.15) is 0 Å². The van der Waals surface area contributed by atoms with Crippen LogP contribution in [-0.4, -0.2) is 24.0 Å². The standard InChI is InChI=1S/C13H16ClNO2/c14-12(11-1-7-15-8-2-11)3-5-13(6-4-12)16-9-10-17-13/h1-2,7-8H,3-6,9-10H2. The quantitative estimate of drug-likeness (QED) is 0.722. The van der Waals surface area contributed by atoms with Gasteiger partial charge >= 0.3 is 0 Å². The predicted molar refractivity (Wildman–Crippen MR) is 64.9 cm³/mol. The molecule has 0 radical (unpaired) electrons. The second-order valence-corrected chi connectivity index (χ2v) is 5.53. The molecule has 0 unspecified atom stereocenters. The zero-order chi connectivity index (χ0) is 11.8. The summed E-state index contributed by atoms with van der Waals surface area (Å²) in [4.78, 5) is 3.76. The van der Waals surface area contributed by atoms with E-state index >= 15 is 0 Å². The van der Waals surface area contributed by atoms with E-state index < -0.39 is 0 Å². The lowest BCUT2D eigenvalue weighted by Gasteiger charge is -2.40. The van der Waals surface area contributed by atoms with E-state index in [0.717, 1.165) is 31.2 Å². The van der Waals surface area contributed by atoms with Crippen LogP contribution in [0.2, 0.25) is 0 Å². The minimum absolute atomic E-state index is 0.274. The Balaban J connectivity index is 1.75. The molecule has 1 aliphatic heterocycles. The number of hydrogen-bond donors (Lipinski definition) is 0. The van der Waals surface area contributed by atoms with E-state index in [4.69, 9.17) is 21.1 Å². The average molecular weight is 254 g/mol. The highest BCUT2D eigenvalue weighted by Crippen LogP contribution is 2.48. The van der Waals surface area contributed by atoms with Gasteiger partial charge in [0.15, 0.2) is 5.79 Å². The normalized spacial score (nSPS) is 26.2. The van der Waals surface area contributed by atoms with Crippen molar-refractivity contribution in [3.8, 4) is 0 Å². The van der Waals surface area contributed by atoms with Crippen LogP contribution in [0, 0.1) is 0 Å². The van der Waals surface area contributed by atoms with Gasteiger partial charge in [0.25, 0.3) is 0 Å². The molecule has 2 aliphatic rings. The topological polar surface area (TPSA) is 31.4 Å². The molecule has 0 atom stereocenters. The average Bonchev–Trinajstić information content (AvgIpc) is 2.84. The molecule has 1 spiro atoms. The summed E-state index contributed by atoms with van der Waals surface area (Å²) in [5, 5.41) is 0. The third kappa shape index (κ3) is 2.07. The van der Waals surface area contributed by atoms with Crippen LogP contribution in [0.15, 0.2) is 24.5 Å². The Bertz CT molecular complexity index is 380. The highest BCUT2D eigenvalue weighted by Gasteiger charge is 2.46. The molecule has 1 saturated heterocycles. The summed E-state index contributed by atoms with van der Waals surface area (Å²) < 4.78 is 11.4. The molecule has 3 rings (SSSR count). The molecule has 1 aromatic rings. The Labute approximate surface area is 106 Å². The molecule has 2 fully saturated rings. The first-order chi connectivity index (χ1) is 8.23. The smallest absolute Gasteiger partial charge is 0.168 e. The van der Waals surface area contributed by atoms with Crippen LogP contribution < -0.4 is 0 Å². The lowest BCUT2D eigenvalue weighted by Crippen LogP contribution is -2.39. The van der Waals surface area contributed by atoms with Crippen LogP contribution in [-0.2, 0) is 14.3 Å². The number of pyridine rings is 1. The van der Waals surface area contributed by atoms with Gasteiger partial charge in [-0.1, -0.05) is 0 Å². The third-order valence-corrected chi connectivity index (χ3v) is 4.41. The highest BCUT2D eigenvalue weighted by molar-refractivity contribution is 6.24. The van der Waals surface area contributed by atoms with Crippen molar-refractivity contribution in [3.63, 3.8) is 0 Å². The molecule has 3 nitrogen and oxygen atoms in total. The molecular formula is C13H16ClNO2. The molecule has 1 aliphatic carbocycles. The third-order valence-electron chi connectivity index (χ3n) is 3.82. The van der Waals surface area contributed by atoms with Gasteiger partial charge in [0, 0.05) is 25.2 Å². The number of nitrogens with zero attached hydrogens (tertiary/aromatic N) is 1. The number of rotatable bonds is 1. The van der Waals surface area contributed by atoms with E-state index in [2.05, 4.69) is 4.98 Å². The maximum Gasteiger partial charge on any atom is 0.168 e. The van der Waals surface area contributed by atoms with Crippen molar-refractivity contribution in [2.24, 2.45) is 0 Å². The van der Waals surface area contributed by atoms with Crippen molar-refractivity contribution in [1.82, 2.24) is 4.98 Å². The number of alkyl halides is 1. The maximum absolute atomic E-state index is 6.72. The summed E-state index contributed by atoms with van der Waals surface area (Å²) >= 11 is 6.72. The number of aromatic nitrogens is 1. The Morgan fingerprint density at radius 3 is 2.18 bits per heavy atom. The predicted octanol–water partition coefficient (Wildman–Crippen LogP) is 2.83. The highest BCUT2D eigenvalue weighted by atomic mass is 35.5. The summed E-state index contributed by atoms with van der Waals surface area (Å²) in [7, 11) is 0. The van der Waals surface area contributed by atoms with E-state index in [-0.39, 0.29) is 10.7 Å². The van der Waals surface area contributed by atoms with Crippen molar-refractivity contribution >= 4 is 11.6 Å². The first kappa shape index (κ1) is 11.5. The summed E-state index contributed by atoms with van der Waals surface area (Å²) in [6.07, 6.45) is 7.12. The summed E-state index contributed by atoms with van der Waals surface area (Å²) in [5.41, 5.74) is 1.15. The molecule has 2 heterocycles. The van der Waals surface area contributed by atoms with Gasteiger partial charge in [-0.15, -0.1) is 11.6 Å². The van der Waals surface area contributed by atoms with Gasteiger partial charge in [-0.05, 0) is 30.5 Å². The molecule has 4 heteroatoms. The van der Waals surface area contributed by atoms with E-state index in [9.17, 15) is 0 Å². The maximum atomic E-state index is 6.72. The monoisotopic (exact) mass is 253 g/mol. The van der Waals surface area contributed by atoms with E-state index in [1.807, 2.05) is 12.1 Å². The molecule has 0 bridgehead atoms. The van der Waals surface area contributed by atoms with Crippen LogP contribution in [0.3, 0.4) is 0 Å². The van der Waals surface area contributed by atoms with Gasteiger partial charge in [0.2, 0.25) is 0 Å². The summed E-state index contributed by atoms with van der Waals surface area (Å²) in [5.74, 6) is -0.342. The van der Waals surface area contributed by atoms with Crippen molar-refractivity contribution in [1.29, 1.82) is 0 Å². The van der Waals surface area contributed by atoms with E-state index in [0.29, 0.717) is 13.2 Å². The van der Waals surface area contributed by atoms with E-state index in [1.54, 1.807) is 12.4 Å². The zero-order valence-corrected chi connectivity index (χ0v) is 10.4. The van der Waals surface area contributed by atoms with Gasteiger partial charge in [-0.2, -0.15) is 0 Å². The van der Waals surface area contributed by atoms with Gasteiger partial charge in [-0.25, -0.2) is 0 Å². The molecule has 17 heavy (non-hydrogen) atoms. The van der Waals surface area contributed by atoms with Crippen molar-refractivity contribution in [2.75, 3.05) is 13.2 Å². The lowest BCUT2D eigenvalue weighted by atomic mass is 9.80. The molecular weight excluding hydrogens is 238 g/mol. The second-order valence-electron chi connectivity index (χ2n) is 4.81. The Kier molecular flexibility index (Phi) is 2.85. The fourth-order valence-electron chi connectivity index (χ4n) is 2.75. The van der Waals surface area contributed by atoms with Gasteiger partial charge < -0.3 is 9.47 Å². The number of hydrogen-bond acceptors (Lipinski definition) is 3. The fraction of sp³-hybridized carbons (Fsp3) is 0.615. The SMILES string of the molecule is ClC1(c2ccncc2)CCC2(CC1)OCCO2. The number of halogens is 1. The van der Waals surface area contributed by atoms with Crippen molar-refractivity contribution in [2.45, 2.75) is 36.3 Å². The first-order valence-electron chi connectivity index (χ1n) is 6.10. The molecule has 1 saturated carbocycles. The van der Waals surface area contributed by atoms with Gasteiger partial charge in [0.05, 0.1) is 18.1 Å². The lowest BCUT2D eigenvalue weighted by molar-refractivity contribution is -0.181. The van der Waals surface area contributed by atoms with Crippen LogP contribution in [0.1, 0.15) is 31.2 Å². The molecule has 0 aromatic carbocycles. The minimum Gasteiger partial charge on any atom is -0.348 e. The molecule has 0 amide bonds. The molecule has 1 aromatic heterocycles. The molecule has 0 N–H and O–H groups in total. The minimum atomic E-state index is -0.342. The van der Waals surface area contributed by atoms with Crippen LogP contribution in [0.4, 0.5) is 0 Å². The summed E-state index contributed by atoms with van der Waals surface area (Å²) in [6.45, 7) is 1.43. The largest absolute Gasteiger partial charge is 0.348 e. The fourth-order valence-corrected chi connectivity index (χ4v) is 3.07. The molecule has 92 valence electrons. The first-order valence-corrected chi connectivity index (χ1v) is 6.48.